The molecule has 6 heteroatoms. The van der Waals surface area contributed by atoms with Crippen molar-refractivity contribution >= 4 is 11.7 Å². The monoisotopic (exact) mass is 365 g/mol. The number of hydrogen-bond donors (Lipinski definition) is 0. The molecule has 0 N–H and O–H groups in total. The van der Waals surface area contributed by atoms with Crippen LogP contribution in [-0.4, -0.2) is 29.3 Å². The van der Waals surface area contributed by atoms with Crippen molar-refractivity contribution in [2.75, 3.05) is 18.0 Å². The van der Waals surface area contributed by atoms with Crippen LogP contribution in [0, 0.1) is 0 Å². The van der Waals surface area contributed by atoms with E-state index in [-0.39, 0.29) is 5.89 Å². The fourth-order valence-corrected chi connectivity index (χ4v) is 2.77. The molecule has 1 unspecified atom stereocenters. The average molecular weight is 365 g/mol. The lowest BCUT2D eigenvalue weighted by atomic mass is 10.2. The third-order valence-corrected chi connectivity index (χ3v) is 4.32. The van der Waals surface area contributed by atoms with Crippen LogP contribution in [0.2, 0.25) is 0 Å². The minimum absolute atomic E-state index is 0.266. The summed E-state index contributed by atoms with van der Waals surface area (Å²) >= 11 is 0. The molecule has 140 valence electrons. The second-order valence-corrected chi connectivity index (χ2v) is 6.08. The Morgan fingerprint density at radius 2 is 1.70 bits per heavy atom. The van der Waals surface area contributed by atoms with Gasteiger partial charge in [0.15, 0.2) is 6.10 Å². The van der Waals surface area contributed by atoms with E-state index in [1.807, 2.05) is 42.5 Å². The molecule has 0 amide bonds. The van der Waals surface area contributed by atoms with Crippen molar-refractivity contribution in [2.45, 2.75) is 26.9 Å². The number of carbonyl (C=O) groups excluding carboxylic acids is 1. The van der Waals surface area contributed by atoms with Crippen LogP contribution in [0.3, 0.4) is 0 Å². The zero-order valence-corrected chi connectivity index (χ0v) is 15.8. The van der Waals surface area contributed by atoms with E-state index in [9.17, 15) is 4.79 Å². The zero-order valence-electron chi connectivity index (χ0n) is 15.8. The number of anilines is 1. The van der Waals surface area contributed by atoms with E-state index >= 15 is 0 Å². The van der Waals surface area contributed by atoms with Gasteiger partial charge in [0.1, 0.15) is 0 Å². The molecule has 27 heavy (non-hydrogen) atoms. The molecular weight excluding hydrogens is 342 g/mol. The van der Waals surface area contributed by atoms with Gasteiger partial charge in [-0.1, -0.05) is 18.2 Å². The molecule has 1 atom stereocenters. The van der Waals surface area contributed by atoms with E-state index in [0.717, 1.165) is 24.3 Å². The number of nitrogens with zero attached hydrogens (tertiary/aromatic N) is 3. The Morgan fingerprint density at radius 3 is 2.33 bits per heavy atom. The molecule has 6 nitrogen and oxygen atoms in total. The van der Waals surface area contributed by atoms with Crippen LogP contribution in [0.25, 0.3) is 11.5 Å². The van der Waals surface area contributed by atoms with Crippen LogP contribution in [0.15, 0.2) is 59.0 Å². The summed E-state index contributed by atoms with van der Waals surface area (Å²) in [5.74, 6) is 0.243. The lowest BCUT2D eigenvalue weighted by Crippen LogP contribution is -2.21. The number of rotatable bonds is 7. The number of aromatic nitrogens is 2. The highest BCUT2D eigenvalue weighted by atomic mass is 16.6. The van der Waals surface area contributed by atoms with Crippen molar-refractivity contribution in [2.24, 2.45) is 0 Å². The average Bonchev–Trinajstić information content (AvgIpc) is 3.20. The van der Waals surface area contributed by atoms with E-state index in [1.165, 1.54) is 0 Å². The summed E-state index contributed by atoms with van der Waals surface area (Å²) in [4.78, 5) is 14.6. The first-order valence-electron chi connectivity index (χ1n) is 9.07. The van der Waals surface area contributed by atoms with Crippen LogP contribution < -0.4 is 4.90 Å². The van der Waals surface area contributed by atoms with E-state index in [1.54, 1.807) is 19.1 Å². The smallest absolute Gasteiger partial charge is 0.338 e. The van der Waals surface area contributed by atoms with Crippen LogP contribution in [-0.2, 0) is 4.74 Å². The molecule has 0 aliphatic heterocycles. The van der Waals surface area contributed by atoms with E-state index < -0.39 is 12.1 Å². The van der Waals surface area contributed by atoms with Gasteiger partial charge < -0.3 is 14.1 Å². The third kappa shape index (κ3) is 4.34. The normalized spacial score (nSPS) is 11.8. The molecule has 0 aliphatic rings. The molecule has 2 aromatic carbocycles. The molecule has 0 saturated heterocycles. The number of carbonyl (C=O) groups is 1. The summed E-state index contributed by atoms with van der Waals surface area (Å²) in [6.45, 7) is 7.74. The molecule has 1 heterocycles. The maximum Gasteiger partial charge on any atom is 0.338 e. The van der Waals surface area contributed by atoms with Crippen molar-refractivity contribution < 1.29 is 13.9 Å². The topological polar surface area (TPSA) is 68.5 Å². The van der Waals surface area contributed by atoms with Gasteiger partial charge in [-0.05, 0) is 57.2 Å². The standard InChI is InChI=1S/C21H23N3O3/c1-4-24(5-2)18-13-11-17(12-14-18)21(25)26-15(3)19-22-23-20(27-19)16-9-7-6-8-10-16/h6-15H,4-5H2,1-3H3. The Hall–Kier alpha value is -3.15. The molecule has 0 aliphatic carbocycles. The lowest BCUT2D eigenvalue weighted by molar-refractivity contribution is 0.0280. The number of ether oxygens (including phenoxy) is 1. The highest BCUT2D eigenvalue weighted by molar-refractivity contribution is 5.90. The highest BCUT2D eigenvalue weighted by Gasteiger charge is 2.20. The second kappa shape index (κ2) is 8.49. The van der Waals surface area contributed by atoms with Crippen molar-refractivity contribution in [3.63, 3.8) is 0 Å². The third-order valence-electron chi connectivity index (χ3n) is 4.32. The molecule has 0 bridgehead atoms. The predicted octanol–water partition coefficient (Wildman–Crippen LogP) is 4.50. The first-order chi connectivity index (χ1) is 13.1. The van der Waals surface area contributed by atoms with Crippen molar-refractivity contribution in [1.82, 2.24) is 10.2 Å². The van der Waals surface area contributed by atoms with Crippen LogP contribution in [0.4, 0.5) is 5.69 Å². The Kier molecular flexibility index (Phi) is 5.86. The molecule has 3 rings (SSSR count). The first-order valence-corrected chi connectivity index (χ1v) is 9.07. The summed E-state index contributed by atoms with van der Waals surface area (Å²) in [6.07, 6.45) is -0.634. The molecule has 0 saturated carbocycles. The summed E-state index contributed by atoms with van der Waals surface area (Å²) in [6, 6.07) is 16.9. The quantitative estimate of drug-likeness (QED) is 0.574. The zero-order chi connectivity index (χ0) is 19.2. The number of esters is 1. The van der Waals surface area contributed by atoms with Crippen LogP contribution in [0.1, 0.15) is 43.1 Å². The predicted molar refractivity (Wildman–Crippen MR) is 104 cm³/mol. The van der Waals surface area contributed by atoms with Gasteiger partial charge >= 0.3 is 5.97 Å². The molecule has 1 aromatic heterocycles. The summed E-state index contributed by atoms with van der Waals surface area (Å²) in [7, 11) is 0. The largest absolute Gasteiger partial charge is 0.449 e. The van der Waals surface area contributed by atoms with E-state index in [0.29, 0.717) is 11.5 Å². The Morgan fingerprint density at radius 1 is 1.04 bits per heavy atom. The van der Waals surface area contributed by atoms with E-state index in [2.05, 4.69) is 28.9 Å². The second-order valence-electron chi connectivity index (χ2n) is 6.08. The van der Waals surface area contributed by atoms with Crippen molar-refractivity contribution in [1.29, 1.82) is 0 Å². The fourth-order valence-electron chi connectivity index (χ4n) is 2.77. The van der Waals surface area contributed by atoms with Gasteiger partial charge in [-0.25, -0.2) is 4.79 Å². The van der Waals surface area contributed by atoms with Gasteiger partial charge in [0.25, 0.3) is 5.89 Å². The molecule has 3 aromatic rings. The Labute approximate surface area is 158 Å². The van der Waals surface area contributed by atoms with Gasteiger partial charge in [-0.2, -0.15) is 0 Å². The van der Waals surface area contributed by atoms with Crippen LogP contribution >= 0.6 is 0 Å². The molecule has 0 fully saturated rings. The van der Waals surface area contributed by atoms with Gasteiger partial charge in [-0.15, -0.1) is 10.2 Å². The minimum Gasteiger partial charge on any atom is -0.449 e. The minimum atomic E-state index is -0.634. The van der Waals surface area contributed by atoms with Gasteiger partial charge in [0, 0.05) is 24.3 Å². The van der Waals surface area contributed by atoms with Crippen LogP contribution in [0.5, 0.6) is 0 Å². The Balaban J connectivity index is 1.66. The molecule has 0 spiro atoms. The van der Waals surface area contributed by atoms with Gasteiger partial charge in [0.05, 0.1) is 5.56 Å². The summed E-state index contributed by atoms with van der Waals surface area (Å²) in [5, 5.41) is 8.02. The highest BCUT2D eigenvalue weighted by Crippen LogP contribution is 2.23. The fraction of sp³-hybridized carbons (Fsp3) is 0.286. The van der Waals surface area contributed by atoms with Gasteiger partial charge in [-0.3, -0.25) is 0 Å². The summed E-state index contributed by atoms with van der Waals surface area (Å²) in [5.41, 5.74) is 2.39. The number of benzene rings is 2. The molecule has 0 radical (unpaired) electrons. The SMILES string of the molecule is CCN(CC)c1ccc(C(=O)OC(C)c2nnc(-c3ccccc3)o2)cc1. The summed E-state index contributed by atoms with van der Waals surface area (Å²) < 4.78 is 11.1. The maximum atomic E-state index is 12.4. The van der Waals surface area contributed by atoms with Gasteiger partial charge in [0.2, 0.25) is 5.89 Å². The maximum absolute atomic E-state index is 12.4. The number of hydrogen-bond acceptors (Lipinski definition) is 6. The van der Waals surface area contributed by atoms with Crippen molar-refractivity contribution in [3.05, 3.63) is 66.1 Å². The van der Waals surface area contributed by atoms with Crippen molar-refractivity contribution in [3.8, 4) is 11.5 Å². The Bertz CT molecular complexity index is 871. The lowest BCUT2D eigenvalue weighted by Gasteiger charge is -2.21. The van der Waals surface area contributed by atoms with E-state index in [4.69, 9.17) is 9.15 Å². The molecular formula is C21H23N3O3. The first kappa shape index (κ1) is 18.6.